The van der Waals surface area contributed by atoms with Crippen molar-refractivity contribution >= 4 is 29.2 Å². The van der Waals surface area contributed by atoms with Gasteiger partial charge >= 0.3 is 5.97 Å². The number of hydrogen-bond acceptors (Lipinski definition) is 3. The molecule has 0 saturated heterocycles. The third kappa shape index (κ3) is 3.54. The van der Waals surface area contributed by atoms with Crippen LogP contribution >= 0.6 is 11.6 Å². The lowest BCUT2D eigenvalue weighted by Gasteiger charge is -2.12. The van der Waals surface area contributed by atoms with Gasteiger partial charge in [0.05, 0.1) is 24.8 Å². The van der Waals surface area contributed by atoms with Crippen LogP contribution in [0.2, 0.25) is 5.02 Å². The van der Waals surface area contributed by atoms with Gasteiger partial charge in [0.1, 0.15) is 0 Å². The molecule has 126 valence electrons. The zero-order valence-electron chi connectivity index (χ0n) is 14.0. The van der Waals surface area contributed by atoms with Gasteiger partial charge in [0.2, 0.25) is 0 Å². The lowest BCUT2D eigenvalue weighted by molar-refractivity contribution is -0.130. The van der Waals surface area contributed by atoms with Crippen molar-refractivity contribution < 1.29 is 19.4 Å². The molecule has 0 aromatic heterocycles. The van der Waals surface area contributed by atoms with Crippen LogP contribution in [0.1, 0.15) is 22.3 Å². The molecule has 2 aromatic rings. The molecule has 24 heavy (non-hydrogen) atoms. The number of hydrogen-bond donors (Lipinski definition) is 1. The maximum Gasteiger partial charge on any atom is 0.336 e. The zero-order chi connectivity index (χ0) is 17.9. The van der Waals surface area contributed by atoms with E-state index in [1.54, 1.807) is 18.2 Å². The second kappa shape index (κ2) is 7.41. The average Bonchev–Trinajstić information content (AvgIpc) is 2.55. The van der Waals surface area contributed by atoms with Crippen LogP contribution in [0, 0.1) is 13.8 Å². The molecule has 0 radical (unpaired) electrons. The molecule has 0 aliphatic rings. The van der Waals surface area contributed by atoms with Gasteiger partial charge in [0.25, 0.3) is 0 Å². The van der Waals surface area contributed by atoms with Crippen LogP contribution in [-0.4, -0.2) is 25.3 Å². The Bertz CT molecular complexity index is 809. The Kier molecular flexibility index (Phi) is 5.52. The molecule has 2 aromatic carbocycles. The fraction of sp³-hybridized carbons (Fsp3) is 0.211. The number of rotatable bonds is 5. The normalized spacial score (nSPS) is 11.3. The summed E-state index contributed by atoms with van der Waals surface area (Å²) in [6.45, 7) is 3.80. The number of carbonyl (C=O) groups is 1. The maximum atomic E-state index is 11.8. The van der Waals surface area contributed by atoms with Gasteiger partial charge in [0, 0.05) is 0 Å². The lowest BCUT2D eigenvalue weighted by atomic mass is 9.96. The van der Waals surface area contributed by atoms with Crippen molar-refractivity contribution in [2.45, 2.75) is 13.8 Å². The van der Waals surface area contributed by atoms with Crippen LogP contribution in [0.25, 0.3) is 11.6 Å². The second-order valence-corrected chi connectivity index (χ2v) is 5.76. The minimum absolute atomic E-state index is 0.172. The molecule has 0 heterocycles. The monoisotopic (exact) mass is 346 g/mol. The maximum absolute atomic E-state index is 11.8. The smallest absolute Gasteiger partial charge is 0.336 e. The van der Waals surface area contributed by atoms with E-state index in [4.69, 9.17) is 21.1 Å². The number of aliphatic carboxylic acids is 1. The van der Waals surface area contributed by atoms with E-state index >= 15 is 0 Å². The molecule has 5 heteroatoms. The van der Waals surface area contributed by atoms with Crippen molar-refractivity contribution in [2.24, 2.45) is 0 Å². The molecule has 0 bridgehead atoms. The molecular weight excluding hydrogens is 328 g/mol. The Balaban J connectivity index is 2.65. The first-order chi connectivity index (χ1) is 11.4. The van der Waals surface area contributed by atoms with Crippen molar-refractivity contribution in [1.82, 2.24) is 0 Å². The number of carboxylic acids is 1. The van der Waals surface area contributed by atoms with Crippen molar-refractivity contribution in [2.75, 3.05) is 14.2 Å². The molecule has 0 unspecified atom stereocenters. The Morgan fingerprint density at radius 3 is 2.42 bits per heavy atom. The molecule has 0 aliphatic heterocycles. The largest absolute Gasteiger partial charge is 0.493 e. The summed E-state index contributed by atoms with van der Waals surface area (Å²) in [6.07, 6.45) is 1.55. The lowest BCUT2D eigenvalue weighted by Crippen LogP contribution is -2.02. The summed E-state index contributed by atoms with van der Waals surface area (Å²) in [5.41, 5.74) is 3.25. The first-order valence-corrected chi connectivity index (χ1v) is 7.70. The molecule has 0 spiro atoms. The summed E-state index contributed by atoms with van der Waals surface area (Å²) in [5.74, 6) is -0.156. The fourth-order valence-corrected chi connectivity index (χ4v) is 2.74. The molecule has 0 aliphatic carbocycles. The quantitative estimate of drug-likeness (QED) is 0.635. The van der Waals surface area contributed by atoms with E-state index in [-0.39, 0.29) is 5.57 Å². The highest BCUT2D eigenvalue weighted by molar-refractivity contribution is 6.34. The highest BCUT2D eigenvalue weighted by atomic mass is 35.5. The predicted octanol–water partition coefficient (Wildman–Crippen LogP) is 4.60. The minimum Gasteiger partial charge on any atom is -0.493 e. The second-order valence-electron chi connectivity index (χ2n) is 5.39. The summed E-state index contributed by atoms with van der Waals surface area (Å²) >= 11 is 6.36. The van der Waals surface area contributed by atoms with Crippen LogP contribution in [-0.2, 0) is 4.79 Å². The standard InChI is InChI=1S/C19H19ClO4/c1-11-5-6-12(2)14(9-11)15(19(21)22)10-13-7-8-16(23-3)18(24-4)17(13)20/h5-10H,1-4H3,(H,21,22)/b15-10-. The van der Waals surface area contributed by atoms with Crippen molar-refractivity contribution in [3.8, 4) is 11.5 Å². The first kappa shape index (κ1) is 17.9. The van der Waals surface area contributed by atoms with Gasteiger partial charge in [-0.25, -0.2) is 4.79 Å². The van der Waals surface area contributed by atoms with E-state index in [2.05, 4.69) is 0 Å². The van der Waals surface area contributed by atoms with Crippen LogP contribution < -0.4 is 9.47 Å². The van der Waals surface area contributed by atoms with E-state index in [1.807, 2.05) is 32.0 Å². The van der Waals surface area contributed by atoms with Gasteiger partial charge < -0.3 is 14.6 Å². The number of benzene rings is 2. The van der Waals surface area contributed by atoms with Gasteiger partial charge in [-0.2, -0.15) is 0 Å². The van der Waals surface area contributed by atoms with Crippen LogP contribution in [0.15, 0.2) is 30.3 Å². The van der Waals surface area contributed by atoms with E-state index < -0.39 is 5.97 Å². The Morgan fingerprint density at radius 2 is 1.83 bits per heavy atom. The van der Waals surface area contributed by atoms with Crippen LogP contribution in [0.4, 0.5) is 0 Å². The van der Waals surface area contributed by atoms with E-state index in [0.29, 0.717) is 27.6 Å². The van der Waals surface area contributed by atoms with Gasteiger partial charge in [-0.15, -0.1) is 0 Å². The van der Waals surface area contributed by atoms with Crippen molar-refractivity contribution in [3.05, 3.63) is 57.6 Å². The van der Waals surface area contributed by atoms with Gasteiger partial charge in [-0.05, 0) is 48.7 Å². The SMILES string of the molecule is COc1ccc(/C=C(\C(=O)O)c2cc(C)ccc2C)c(Cl)c1OC. The molecule has 1 N–H and O–H groups in total. The summed E-state index contributed by atoms with van der Waals surface area (Å²) < 4.78 is 10.5. The van der Waals surface area contributed by atoms with E-state index in [0.717, 1.165) is 11.1 Å². The van der Waals surface area contributed by atoms with E-state index in [1.165, 1.54) is 14.2 Å². The molecule has 0 saturated carbocycles. The number of aryl methyl sites for hydroxylation is 2. The molecular formula is C19H19ClO4. The number of methoxy groups -OCH3 is 2. The van der Waals surface area contributed by atoms with Crippen LogP contribution in [0.5, 0.6) is 11.5 Å². The Hall–Kier alpha value is -2.46. The Morgan fingerprint density at radius 1 is 1.12 bits per heavy atom. The fourth-order valence-electron chi connectivity index (χ4n) is 2.45. The highest BCUT2D eigenvalue weighted by Crippen LogP contribution is 2.39. The topological polar surface area (TPSA) is 55.8 Å². The van der Waals surface area contributed by atoms with Crippen molar-refractivity contribution in [3.63, 3.8) is 0 Å². The molecule has 2 rings (SSSR count). The third-order valence-electron chi connectivity index (χ3n) is 3.73. The molecule has 0 fully saturated rings. The third-order valence-corrected chi connectivity index (χ3v) is 4.12. The van der Waals surface area contributed by atoms with Gasteiger partial charge in [-0.1, -0.05) is 35.4 Å². The van der Waals surface area contributed by atoms with Crippen molar-refractivity contribution in [1.29, 1.82) is 0 Å². The van der Waals surface area contributed by atoms with Crippen LogP contribution in [0.3, 0.4) is 0 Å². The average molecular weight is 347 g/mol. The van der Waals surface area contributed by atoms with Gasteiger partial charge in [0.15, 0.2) is 11.5 Å². The summed E-state index contributed by atoms with van der Waals surface area (Å²) in [5, 5.41) is 9.96. The van der Waals surface area contributed by atoms with E-state index in [9.17, 15) is 9.90 Å². The number of halogens is 1. The zero-order valence-corrected chi connectivity index (χ0v) is 14.8. The number of ether oxygens (including phenoxy) is 2. The first-order valence-electron chi connectivity index (χ1n) is 7.32. The molecule has 0 atom stereocenters. The summed E-state index contributed by atoms with van der Waals surface area (Å²) in [7, 11) is 3.00. The summed E-state index contributed by atoms with van der Waals surface area (Å²) in [6, 6.07) is 9.10. The molecule has 4 nitrogen and oxygen atoms in total. The summed E-state index contributed by atoms with van der Waals surface area (Å²) in [4.78, 5) is 11.8. The number of carboxylic acid groups (broad SMARTS) is 1. The minimum atomic E-state index is -1.02. The van der Waals surface area contributed by atoms with Gasteiger partial charge in [-0.3, -0.25) is 0 Å². The Labute approximate surface area is 146 Å². The molecule has 0 amide bonds. The highest BCUT2D eigenvalue weighted by Gasteiger charge is 2.17. The predicted molar refractivity (Wildman–Crippen MR) is 96.0 cm³/mol.